The van der Waals surface area contributed by atoms with Crippen LogP contribution in [0.1, 0.15) is 24.4 Å². The average Bonchev–Trinajstić information content (AvgIpc) is 2.59. The van der Waals surface area contributed by atoms with Gasteiger partial charge in [0, 0.05) is 5.03 Å². The second-order valence-electron chi connectivity index (χ2n) is 5.75. The van der Waals surface area contributed by atoms with Gasteiger partial charge in [0.15, 0.2) is 0 Å². The van der Waals surface area contributed by atoms with E-state index in [-0.39, 0.29) is 16.2 Å². The molecule has 2 aliphatic rings. The SMILES string of the molecule is NC(C(=O)NC1C(=O)N2C(C(=O)O)=C(Cl)CCC12)c1ccccc1.O. The van der Waals surface area contributed by atoms with Gasteiger partial charge in [-0.15, -0.1) is 0 Å². The number of carbonyl (C=O) groups is 3. The minimum Gasteiger partial charge on any atom is -0.477 e. The third kappa shape index (κ3) is 3.23. The summed E-state index contributed by atoms with van der Waals surface area (Å²) in [7, 11) is 0. The van der Waals surface area contributed by atoms with Crippen LogP contribution in [0.25, 0.3) is 0 Å². The van der Waals surface area contributed by atoms with Gasteiger partial charge in [-0.1, -0.05) is 41.9 Å². The fourth-order valence-electron chi connectivity index (χ4n) is 3.07. The lowest BCUT2D eigenvalue weighted by atomic mass is 9.86. The van der Waals surface area contributed by atoms with E-state index < -0.39 is 35.9 Å². The van der Waals surface area contributed by atoms with Gasteiger partial charge in [0.25, 0.3) is 5.91 Å². The van der Waals surface area contributed by atoms with Crippen LogP contribution in [0.5, 0.6) is 0 Å². The van der Waals surface area contributed by atoms with Crippen LogP contribution in [0.15, 0.2) is 41.1 Å². The highest BCUT2D eigenvalue weighted by atomic mass is 35.5. The van der Waals surface area contributed by atoms with Gasteiger partial charge in [-0.2, -0.15) is 0 Å². The summed E-state index contributed by atoms with van der Waals surface area (Å²) in [6, 6.07) is 6.74. The molecule has 6 N–H and O–H groups in total. The summed E-state index contributed by atoms with van der Waals surface area (Å²) >= 11 is 5.92. The van der Waals surface area contributed by atoms with Gasteiger partial charge in [0.05, 0.1) is 6.04 Å². The van der Waals surface area contributed by atoms with E-state index in [1.807, 2.05) is 6.07 Å². The molecule has 9 heteroatoms. The average molecular weight is 368 g/mol. The number of nitrogens with two attached hydrogens (primary N) is 1. The van der Waals surface area contributed by atoms with Crippen molar-refractivity contribution in [1.82, 2.24) is 10.2 Å². The van der Waals surface area contributed by atoms with E-state index in [1.54, 1.807) is 24.3 Å². The van der Waals surface area contributed by atoms with Gasteiger partial charge in [-0.05, 0) is 18.4 Å². The Hall–Kier alpha value is -2.42. The number of rotatable bonds is 4. The Bertz CT molecular complexity index is 737. The molecule has 8 nitrogen and oxygen atoms in total. The summed E-state index contributed by atoms with van der Waals surface area (Å²) < 4.78 is 0. The molecule has 3 atom stereocenters. The molecule has 1 fully saturated rings. The molecule has 0 aromatic heterocycles. The molecule has 2 heterocycles. The van der Waals surface area contributed by atoms with E-state index in [1.165, 1.54) is 0 Å². The second-order valence-corrected chi connectivity index (χ2v) is 6.20. The number of halogens is 1. The van der Waals surface area contributed by atoms with E-state index in [0.717, 1.165) is 4.90 Å². The number of nitrogens with one attached hydrogen (secondary N) is 1. The van der Waals surface area contributed by atoms with Crippen molar-refractivity contribution in [2.75, 3.05) is 0 Å². The smallest absolute Gasteiger partial charge is 0.353 e. The Labute approximate surface area is 148 Å². The lowest BCUT2D eigenvalue weighted by Crippen LogP contribution is -2.72. The number of carboxylic acid groups (broad SMARTS) is 1. The van der Waals surface area contributed by atoms with Gasteiger partial charge in [-0.25, -0.2) is 4.79 Å². The van der Waals surface area contributed by atoms with Crippen molar-refractivity contribution < 1.29 is 25.0 Å². The maximum atomic E-state index is 12.3. The molecule has 0 spiro atoms. The van der Waals surface area contributed by atoms with Crippen molar-refractivity contribution >= 4 is 29.4 Å². The molecule has 1 aromatic rings. The molecule has 0 aliphatic carbocycles. The highest BCUT2D eigenvalue weighted by molar-refractivity contribution is 6.32. The predicted octanol–water partition coefficient (Wildman–Crippen LogP) is -0.114. The molecule has 2 aliphatic heterocycles. The maximum absolute atomic E-state index is 12.3. The molecular formula is C16H18ClN3O5. The zero-order valence-corrected chi connectivity index (χ0v) is 13.9. The van der Waals surface area contributed by atoms with Gasteiger partial charge < -0.3 is 21.6 Å². The molecule has 0 radical (unpaired) electrons. The zero-order valence-electron chi connectivity index (χ0n) is 13.1. The molecule has 1 aromatic carbocycles. The topological polar surface area (TPSA) is 144 Å². The highest BCUT2D eigenvalue weighted by Gasteiger charge is 2.53. The Morgan fingerprint density at radius 3 is 2.56 bits per heavy atom. The van der Waals surface area contributed by atoms with Crippen molar-refractivity contribution in [3.63, 3.8) is 0 Å². The summed E-state index contributed by atoms with van der Waals surface area (Å²) in [4.78, 5) is 37.0. The number of fused-ring (bicyclic) bond motifs is 1. The number of β-lactam (4-membered cyclic amide) rings is 1. The quantitative estimate of drug-likeness (QED) is 0.635. The lowest BCUT2D eigenvalue weighted by Gasteiger charge is -2.49. The van der Waals surface area contributed by atoms with Crippen LogP contribution in [0.3, 0.4) is 0 Å². The molecule has 134 valence electrons. The Morgan fingerprint density at radius 2 is 1.96 bits per heavy atom. The fraction of sp³-hybridized carbons (Fsp3) is 0.312. The lowest BCUT2D eigenvalue weighted by molar-refractivity contribution is -0.156. The number of hydrogen-bond acceptors (Lipinski definition) is 4. The normalized spacial score (nSPS) is 23.1. The summed E-state index contributed by atoms with van der Waals surface area (Å²) in [6.07, 6.45) is 0.849. The zero-order chi connectivity index (χ0) is 17.4. The molecular weight excluding hydrogens is 350 g/mol. The first kappa shape index (κ1) is 18.9. The van der Waals surface area contributed by atoms with Crippen molar-refractivity contribution in [2.24, 2.45) is 5.73 Å². The molecule has 2 amide bonds. The molecule has 0 bridgehead atoms. The van der Waals surface area contributed by atoms with E-state index in [4.69, 9.17) is 17.3 Å². The monoisotopic (exact) mass is 367 g/mol. The van der Waals surface area contributed by atoms with Gasteiger partial charge in [-0.3, -0.25) is 14.5 Å². The number of benzene rings is 1. The van der Waals surface area contributed by atoms with Gasteiger partial charge in [0.1, 0.15) is 17.8 Å². The minimum absolute atomic E-state index is 0. The number of carboxylic acids is 1. The third-order valence-electron chi connectivity index (χ3n) is 4.32. The summed E-state index contributed by atoms with van der Waals surface area (Å²) in [5.41, 5.74) is 6.35. The first-order valence-electron chi connectivity index (χ1n) is 7.47. The first-order chi connectivity index (χ1) is 11.4. The van der Waals surface area contributed by atoms with E-state index in [2.05, 4.69) is 5.32 Å². The Balaban J connectivity index is 0.00000225. The van der Waals surface area contributed by atoms with Crippen molar-refractivity contribution in [3.8, 4) is 0 Å². The van der Waals surface area contributed by atoms with Crippen molar-refractivity contribution in [2.45, 2.75) is 31.0 Å². The van der Waals surface area contributed by atoms with Crippen LogP contribution < -0.4 is 11.1 Å². The second kappa shape index (κ2) is 7.22. The molecule has 3 rings (SSSR count). The largest absolute Gasteiger partial charge is 0.477 e. The number of allylic oxidation sites excluding steroid dienone is 1. The van der Waals surface area contributed by atoms with Crippen LogP contribution in [0, 0.1) is 0 Å². The van der Waals surface area contributed by atoms with E-state index in [0.29, 0.717) is 18.4 Å². The predicted molar refractivity (Wildman–Crippen MR) is 89.3 cm³/mol. The highest BCUT2D eigenvalue weighted by Crippen LogP contribution is 2.38. The van der Waals surface area contributed by atoms with E-state index in [9.17, 15) is 19.5 Å². The molecule has 25 heavy (non-hydrogen) atoms. The first-order valence-corrected chi connectivity index (χ1v) is 7.85. The number of amides is 2. The number of nitrogens with zero attached hydrogens (tertiary/aromatic N) is 1. The van der Waals surface area contributed by atoms with Crippen molar-refractivity contribution in [3.05, 3.63) is 46.6 Å². The Kier molecular flexibility index (Phi) is 5.46. The summed E-state index contributed by atoms with van der Waals surface area (Å²) in [6.45, 7) is 0. The number of aliphatic carboxylic acids is 1. The summed E-state index contributed by atoms with van der Waals surface area (Å²) in [5.74, 6) is -2.20. The standard InChI is InChI=1S/C16H16ClN3O4.H2O/c17-9-6-7-10-12(15(22)20(10)13(9)16(23)24)19-14(21)11(18)8-4-2-1-3-5-8;/h1-5,10-12H,6-7,18H2,(H,19,21)(H,23,24);1H2. The molecule has 0 saturated carbocycles. The Morgan fingerprint density at radius 1 is 1.32 bits per heavy atom. The number of carbonyl (C=O) groups excluding carboxylic acids is 2. The van der Waals surface area contributed by atoms with E-state index >= 15 is 0 Å². The molecule has 1 saturated heterocycles. The van der Waals surface area contributed by atoms with Crippen molar-refractivity contribution in [1.29, 1.82) is 0 Å². The van der Waals surface area contributed by atoms with Crippen LogP contribution in [-0.4, -0.2) is 45.3 Å². The third-order valence-corrected chi connectivity index (χ3v) is 4.69. The molecule has 3 unspecified atom stereocenters. The van der Waals surface area contributed by atoms with Crippen LogP contribution in [-0.2, 0) is 14.4 Å². The van der Waals surface area contributed by atoms with Gasteiger partial charge >= 0.3 is 5.97 Å². The maximum Gasteiger partial charge on any atom is 0.353 e. The van der Waals surface area contributed by atoms with Crippen LogP contribution in [0.2, 0.25) is 0 Å². The minimum atomic E-state index is -1.25. The van der Waals surface area contributed by atoms with Gasteiger partial charge in [0.2, 0.25) is 5.91 Å². The van der Waals surface area contributed by atoms with Crippen LogP contribution in [0.4, 0.5) is 0 Å². The fourth-order valence-corrected chi connectivity index (χ4v) is 3.35. The van der Waals surface area contributed by atoms with Crippen LogP contribution >= 0.6 is 11.6 Å². The number of hydrogen-bond donors (Lipinski definition) is 3. The summed E-state index contributed by atoms with van der Waals surface area (Å²) in [5, 5.41) is 12.0.